The number of aromatic nitrogens is 3. The van der Waals surface area contributed by atoms with Gasteiger partial charge in [0.05, 0.1) is 16.7 Å². The van der Waals surface area contributed by atoms with Gasteiger partial charge in [0.1, 0.15) is 5.82 Å². The van der Waals surface area contributed by atoms with Gasteiger partial charge in [0, 0.05) is 25.7 Å². The van der Waals surface area contributed by atoms with Crippen LogP contribution in [0.4, 0.5) is 0 Å². The molecule has 0 aliphatic carbocycles. The van der Waals surface area contributed by atoms with Crippen molar-refractivity contribution in [2.45, 2.75) is 26.4 Å². The molecule has 0 fully saturated rings. The minimum absolute atomic E-state index is 0.471. The summed E-state index contributed by atoms with van der Waals surface area (Å²) in [7, 11) is 0. The molecule has 0 radical (unpaired) electrons. The second-order valence-electron chi connectivity index (χ2n) is 4.82. The number of hydrogen-bond acceptors (Lipinski definition) is 3. The monoisotopic (exact) mass is 266 g/mol. The van der Waals surface area contributed by atoms with E-state index in [2.05, 4.69) is 40.7 Å². The molecule has 4 heteroatoms. The van der Waals surface area contributed by atoms with Gasteiger partial charge in [0.2, 0.25) is 0 Å². The van der Waals surface area contributed by atoms with Crippen molar-refractivity contribution in [1.82, 2.24) is 14.5 Å². The molecule has 0 aliphatic rings. The maximum atomic E-state index is 5.66. The Bertz CT molecular complexity index is 730. The number of para-hydroxylation sites is 2. The van der Waals surface area contributed by atoms with Crippen LogP contribution in [0, 0.1) is 0 Å². The highest BCUT2D eigenvalue weighted by atomic mass is 15.1. The SMILES string of the molecule is CCc1nc2ccccc2n1Cc1ccnc(CN)c1. The van der Waals surface area contributed by atoms with Crippen molar-refractivity contribution in [3.63, 3.8) is 0 Å². The first-order valence-corrected chi connectivity index (χ1v) is 6.90. The lowest BCUT2D eigenvalue weighted by molar-refractivity contribution is 0.750. The van der Waals surface area contributed by atoms with Crippen LogP contribution in [-0.4, -0.2) is 14.5 Å². The quantitative estimate of drug-likeness (QED) is 0.789. The van der Waals surface area contributed by atoms with Crippen LogP contribution in [0.5, 0.6) is 0 Å². The normalized spacial score (nSPS) is 11.1. The first kappa shape index (κ1) is 12.8. The zero-order valence-corrected chi connectivity index (χ0v) is 11.6. The van der Waals surface area contributed by atoms with Crippen molar-refractivity contribution in [2.75, 3.05) is 0 Å². The van der Waals surface area contributed by atoms with E-state index in [9.17, 15) is 0 Å². The van der Waals surface area contributed by atoms with Crippen molar-refractivity contribution >= 4 is 11.0 Å². The third kappa shape index (κ3) is 2.30. The fourth-order valence-electron chi connectivity index (χ4n) is 2.49. The average molecular weight is 266 g/mol. The van der Waals surface area contributed by atoms with E-state index in [1.54, 1.807) is 0 Å². The molecule has 2 aromatic heterocycles. The fourth-order valence-corrected chi connectivity index (χ4v) is 2.49. The Morgan fingerprint density at radius 3 is 2.85 bits per heavy atom. The van der Waals surface area contributed by atoms with E-state index in [1.807, 2.05) is 18.3 Å². The summed E-state index contributed by atoms with van der Waals surface area (Å²) in [4.78, 5) is 8.93. The van der Waals surface area contributed by atoms with Crippen LogP contribution in [-0.2, 0) is 19.5 Å². The number of nitrogens with zero attached hydrogens (tertiary/aromatic N) is 3. The van der Waals surface area contributed by atoms with E-state index in [-0.39, 0.29) is 0 Å². The Morgan fingerprint density at radius 1 is 1.20 bits per heavy atom. The van der Waals surface area contributed by atoms with Crippen molar-refractivity contribution in [3.05, 3.63) is 59.7 Å². The Morgan fingerprint density at radius 2 is 2.05 bits per heavy atom. The molecule has 2 heterocycles. The summed E-state index contributed by atoms with van der Waals surface area (Å²) in [5, 5.41) is 0. The number of rotatable bonds is 4. The molecule has 1 aromatic carbocycles. The van der Waals surface area contributed by atoms with Crippen LogP contribution in [0.3, 0.4) is 0 Å². The first-order valence-electron chi connectivity index (χ1n) is 6.90. The lowest BCUT2D eigenvalue weighted by Crippen LogP contribution is -2.06. The molecule has 0 bridgehead atoms. The van der Waals surface area contributed by atoms with Crippen molar-refractivity contribution in [3.8, 4) is 0 Å². The number of aryl methyl sites for hydroxylation is 1. The van der Waals surface area contributed by atoms with Crippen LogP contribution in [0.1, 0.15) is 24.0 Å². The van der Waals surface area contributed by atoms with Gasteiger partial charge in [-0.25, -0.2) is 4.98 Å². The van der Waals surface area contributed by atoms with E-state index in [0.717, 1.165) is 30.0 Å². The number of benzene rings is 1. The van der Waals surface area contributed by atoms with Gasteiger partial charge in [-0.05, 0) is 29.8 Å². The van der Waals surface area contributed by atoms with Crippen molar-refractivity contribution < 1.29 is 0 Å². The third-order valence-corrected chi connectivity index (χ3v) is 3.48. The number of nitrogens with two attached hydrogens (primary N) is 1. The molecule has 2 N–H and O–H groups in total. The largest absolute Gasteiger partial charge is 0.325 e. The molecule has 0 unspecified atom stereocenters. The van der Waals surface area contributed by atoms with Gasteiger partial charge in [-0.15, -0.1) is 0 Å². The zero-order valence-electron chi connectivity index (χ0n) is 11.6. The number of imidazole rings is 1. The molecule has 0 amide bonds. The summed E-state index contributed by atoms with van der Waals surface area (Å²) >= 11 is 0. The van der Waals surface area contributed by atoms with Gasteiger partial charge >= 0.3 is 0 Å². The average Bonchev–Trinajstić information content (AvgIpc) is 2.85. The van der Waals surface area contributed by atoms with Gasteiger partial charge < -0.3 is 10.3 Å². The molecule has 0 aliphatic heterocycles. The number of pyridine rings is 1. The van der Waals surface area contributed by atoms with Crippen LogP contribution in [0.2, 0.25) is 0 Å². The molecule has 102 valence electrons. The van der Waals surface area contributed by atoms with Gasteiger partial charge in [0.25, 0.3) is 0 Å². The van der Waals surface area contributed by atoms with E-state index >= 15 is 0 Å². The van der Waals surface area contributed by atoms with E-state index in [0.29, 0.717) is 6.54 Å². The fraction of sp³-hybridized carbons (Fsp3) is 0.250. The van der Waals surface area contributed by atoms with Crippen molar-refractivity contribution in [2.24, 2.45) is 5.73 Å². The highest BCUT2D eigenvalue weighted by molar-refractivity contribution is 5.76. The molecule has 20 heavy (non-hydrogen) atoms. The Hall–Kier alpha value is -2.20. The van der Waals surface area contributed by atoms with Crippen LogP contribution >= 0.6 is 0 Å². The van der Waals surface area contributed by atoms with Crippen LogP contribution < -0.4 is 5.73 Å². The van der Waals surface area contributed by atoms with E-state index in [4.69, 9.17) is 10.7 Å². The molecule has 0 spiro atoms. The lowest BCUT2D eigenvalue weighted by Gasteiger charge is -2.09. The zero-order chi connectivity index (χ0) is 13.9. The minimum atomic E-state index is 0.471. The van der Waals surface area contributed by atoms with Crippen LogP contribution in [0.15, 0.2) is 42.6 Å². The predicted octanol–water partition coefficient (Wildman–Crippen LogP) is 2.50. The van der Waals surface area contributed by atoms with Crippen LogP contribution in [0.25, 0.3) is 11.0 Å². The van der Waals surface area contributed by atoms with Gasteiger partial charge in [-0.2, -0.15) is 0 Å². The summed E-state index contributed by atoms with van der Waals surface area (Å²) in [5.74, 6) is 1.11. The van der Waals surface area contributed by atoms with E-state index < -0.39 is 0 Å². The molecule has 4 nitrogen and oxygen atoms in total. The lowest BCUT2D eigenvalue weighted by atomic mass is 10.2. The summed E-state index contributed by atoms with van der Waals surface area (Å²) in [6.07, 6.45) is 2.74. The highest BCUT2D eigenvalue weighted by Gasteiger charge is 2.09. The standard InChI is InChI=1S/C16H18N4/c1-2-16-19-14-5-3-4-6-15(14)20(16)11-12-7-8-18-13(9-12)10-17/h3-9H,2,10-11,17H2,1H3. The van der Waals surface area contributed by atoms with Gasteiger partial charge in [-0.3, -0.25) is 4.98 Å². The second-order valence-corrected chi connectivity index (χ2v) is 4.82. The third-order valence-electron chi connectivity index (χ3n) is 3.48. The smallest absolute Gasteiger partial charge is 0.109 e. The molecule has 3 aromatic rings. The summed E-state index contributed by atoms with van der Waals surface area (Å²) in [6.45, 7) is 3.41. The van der Waals surface area contributed by atoms with Gasteiger partial charge in [0.15, 0.2) is 0 Å². The number of fused-ring (bicyclic) bond motifs is 1. The maximum absolute atomic E-state index is 5.66. The molecule has 0 atom stereocenters. The molecular formula is C16H18N4. The maximum Gasteiger partial charge on any atom is 0.109 e. The molecular weight excluding hydrogens is 248 g/mol. The Labute approximate surface area is 118 Å². The molecule has 0 saturated carbocycles. The minimum Gasteiger partial charge on any atom is -0.325 e. The summed E-state index contributed by atoms with van der Waals surface area (Å²) < 4.78 is 2.27. The molecule has 0 saturated heterocycles. The summed E-state index contributed by atoms with van der Waals surface area (Å²) in [6, 6.07) is 12.4. The second kappa shape index (κ2) is 5.43. The van der Waals surface area contributed by atoms with Gasteiger partial charge in [-0.1, -0.05) is 19.1 Å². The van der Waals surface area contributed by atoms with E-state index in [1.165, 1.54) is 11.1 Å². The topological polar surface area (TPSA) is 56.7 Å². The number of hydrogen-bond donors (Lipinski definition) is 1. The first-order chi connectivity index (χ1) is 9.81. The Balaban J connectivity index is 2.04. The summed E-state index contributed by atoms with van der Waals surface area (Å²) in [5.41, 5.74) is 10.0. The predicted molar refractivity (Wildman–Crippen MR) is 80.3 cm³/mol. The highest BCUT2D eigenvalue weighted by Crippen LogP contribution is 2.18. The Kier molecular flexibility index (Phi) is 3.48. The molecule has 3 rings (SSSR count). The van der Waals surface area contributed by atoms with Crippen molar-refractivity contribution in [1.29, 1.82) is 0 Å².